The molecule has 2 unspecified atom stereocenters. The van der Waals surface area contributed by atoms with Gasteiger partial charge in [-0.05, 0) is 37.8 Å². The van der Waals surface area contributed by atoms with Crippen LogP contribution in [0.5, 0.6) is 0 Å². The molecule has 0 radical (unpaired) electrons. The molecule has 1 saturated heterocycles. The van der Waals surface area contributed by atoms with E-state index < -0.39 is 6.04 Å². The molecular weight excluding hydrogens is 318 g/mol. The van der Waals surface area contributed by atoms with Gasteiger partial charge >= 0.3 is 0 Å². The number of nitrogens with one attached hydrogen (secondary N) is 1. The SMILES string of the molecule is NC(=O)C(Nc1nc(-c2ccccn2)nc2c1CCC2)C1CCOC1. The first-order chi connectivity index (χ1) is 12.2. The van der Waals surface area contributed by atoms with Crippen molar-refractivity contribution < 1.29 is 9.53 Å². The van der Waals surface area contributed by atoms with Gasteiger partial charge in [0.25, 0.3) is 0 Å². The smallest absolute Gasteiger partial charge is 0.240 e. The predicted molar refractivity (Wildman–Crippen MR) is 92.8 cm³/mol. The third-order valence-electron chi connectivity index (χ3n) is 4.86. The van der Waals surface area contributed by atoms with Crippen LogP contribution >= 0.6 is 0 Å². The molecule has 1 aliphatic carbocycles. The van der Waals surface area contributed by atoms with Crippen LogP contribution in [0.3, 0.4) is 0 Å². The number of amides is 1. The Morgan fingerprint density at radius 2 is 2.24 bits per heavy atom. The minimum absolute atomic E-state index is 0.0721. The average Bonchev–Trinajstić information content (AvgIpc) is 3.31. The van der Waals surface area contributed by atoms with Crippen molar-refractivity contribution in [3.8, 4) is 11.5 Å². The zero-order chi connectivity index (χ0) is 17.2. The Morgan fingerprint density at radius 1 is 1.32 bits per heavy atom. The summed E-state index contributed by atoms with van der Waals surface area (Å²) in [5.41, 5.74) is 8.49. The number of rotatable bonds is 5. The summed E-state index contributed by atoms with van der Waals surface area (Å²) < 4.78 is 5.42. The molecule has 4 rings (SSSR count). The van der Waals surface area contributed by atoms with Gasteiger partial charge < -0.3 is 15.8 Å². The fourth-order valence-electron chi connectivity index (χ4n) is 3.55. The predicted octanol–water partition coefficient (Wildman–Crippen LogP) is 1.33. The lowest BCUT2D eigenvalue weighted by Gasteiger charge is -2.22. The highest BCUT2D eigenvalue weighted by Crippen LogP contribution is 2.30. The van der Waals surface area contributed by atoms with E-state index in [4.69, 9.17) is 10.5 Å². The Bertz CT molecular complexity index is 775. The molecule has 1 amide bonds. The molecule has 0 aromatic carbocycles. The second kappa shape index (κ2) is 6.76. The second-order valence-electron chi connectivity index (χ2n) is 6.54. The van der Waals surface area contributed by atoms with E-state index in [1.165, 1.54) is 0 Å². The van der Waals surface area contributed by atoms with E-state index in [1.54, 1.807) is 6.20 Å². The quantitative estimate of drug-likeness (QED) is 0.852. The maximum atomic E-state index is 12.0. The Kier molecular flexibility index (Phi) is 4.31. The van der Waals surface area contributed by atoms with Crippen LogP contribution in [0.2, 0.25) is 0 Å². The Labute approximate surface area is 146 Å². The van der Waals surface area contributed by atoms with E-state index in [9.17, 15) is 4.79 Å². The van der Waals surface area contributed by atoms with Gasteiger partial charge in [-0.2, -0.15) is 0 Å². The van der Waals surface area contributed by atoms with Crippen LogP contribution in [0.4, 0.5) is 5.82 Å². The maximum absolute atomic E-state index is 12.0. The number of anilines is 1. The molecule has 130 valence electrons. The normalized spacial score (nSPS) is 20.2. The number of carbonyl (C=O) groups excluding carboxylic acids is 1. The number of fused-ring (bicyclic) bond motifs is 1. The number of pyridine rings is 1. The van der Waals surface area contributed by atoms with Gasteiger partial charge in [0.2, 0.25) is 5.91 Å². The number of aryl methyl sites for hydroxylation is 1. The summed E-state index contributed by atoms with van der Waals surface area (Å²) in [5, 5.41) is 3.30. The first kappa shape index (κ1) is 16.0. The van der Waals surface area contributed by atoms with Crippen molar-refractivity contribution in [1.29, 1.82) is 0 Å². The highest BCUT2D eigenvalue weighted by atomic mass is 16.5. The first-order valence-electron chi connectivity index (χ1n) is 8.67. The van der Waals surface area contributed by atoms with E-state index in [2.05, 4.69) is 20.3 Å². The van der Waals surface area contributed by atoms with Crippen LogP contribution < -0.4 is 11.1 Å². The Hall–Kier alpha value is -2.54. The number of aromatic nitrogens is 3. The molecule has 7 heteroatoms. The van der Waals surface area contributed by atoms with Crippen molar-refractivity contribution in [1.82, 2.24) is 15.0 Å². The highest BCUT2D eigenvalue weighted by molar-refractivity contribution is 5.83. The topological polar surface area (TPSA) is 103 Å². The van der Waals surface area contributed by atoms with E-state index in [-0.39, 0.29) is 11.8 Å². The molecule has 2 aromatic rings. The molecule has 25 heavy (non-hydrogen) atoms. The molecule has 0 spiro atoms. The summed E-state index contributed by atoms with van der Waals surface area (Å²) in [4.78, 5) is 25.7. The fourth-order valence-corrected chi connectivity index (χ4v) is 3.55. The van der Waals surface area contributed by atoms with Crippen molar-refractivity contribution in [2.75, 3.05) is 18.5 Å². The minimum Gasteiger partial charge on any atom is -0.381 e. The molecule has 1 fully saturated rings. The molecule has 3 N–H and O–H groups in total. The monoisotopic (exact) mass is 339 g/mol. The zero-order valence-corrected chi connectivity index (χ0v) is 13.9. The largest absolute Gasteiger partial charge is 0.381 e. The van der Waals surface area contributed by atoms with Gasteiger partial charge in [-0.15, -0.1) is 0 Å². The molecule has 2 atom stereocenters. The van der Waals surface area contributed by atoms with Gasteiger partial charge in [0.1, 0.15) is 17.6 Å². The lowest BCUT2D eigenvalue weighted by Crippen LogP contribution is -2.42. The third kappa shape index (κ3) is 3.19. The molecule has 2 aliphatic rings. The standard InChI is InChI=1S/C18H21N5O2/c19-16(24)15(11-7-9-25-10-11)22-17-12-4-3-6-13(12)21-18(23-17)14-5-1-2-8-20-14/h1-2,5,8,11,15H,3-4,6-7,9-10H2,(H2,19,24)(H,21,22,23). The van der Waals surface area contributed by atoms with Crippen LogP contribution in [0.15, 0.2) is 24.4 Å². The number of nitrogens with two attached hydrogens (primary N) is 1. The lowest BCUT2D eigenvalue weighted by atomic mass is 9.98. The summed E-state index contributed by atoms with van der Waals surface area (Å²) in [6.45, 7) is 1.21. The molecule has 7 nitrogen and oxygen atoms in total. The molecular formula is C18H21N5O2. The van der Waals surface area contributed by atoms with Crippen molar-refractivity contribution in [2.45, 2.75) is 31.7 Å². The summed E-state index contributed by atoms with van der Waals surface area (Å²) in [6.07, 6.45) is 5.41. The number of nitrogens with zero attached hydrogens (tertiary/aromatic N) is 3. The average molecular weight is 339 g/mol. The fraction of sp³-hybridized carbons (Fsp3) is 0.444. The van der Waals surface area contributed by atoms with Crippen molar-refractivity contribution >= 4 is 11.7 Å². The van der Waals surface area contributed by atoms with Gasteiger partial charge in [-0.25, -0.2) is 9.97 Å². The van der Waals surface area contributed by atoms with Crippen molar-refractivity contribution in [3.63, 3.8) is 0 Å². The molecule has 2 aromatic heterocycles. The molecule has 1 aliphatic heterocycles. The van der Waals surface area contributed by atoms with Gasteiger partial charge in [0.05, 0.1) is 6.61 Å². The minimum atomic E-state index is -0.487. The Morgan fingerprint density at radius 3 is 2.96 bits per heavy atom. The van der Waals surface area contributed by atoms with Crippen LogP contribution in [0.1, 0.15) is 24.1 Å². The van der Waals surface area contributed by atoms with E-state index >= 15 is 0 Å². The Balaban J connectivity index is 1.70. The number of primary amides is 1. The van der Waals surface area contributed by atoms with Crippen molar-refractivity contribution in [3.05, 3.63) is 35.7 Å². The molecule has 0 bridgehead atoms. The second-order valence-corrected chi connectivity index (χ2v) is 6.54. The van der Waals surface area contributed by atoms with E-state index in [0.717, 1.165) is 42.6 Å². The number of hydrogen-bond acceptors (Lipinski definition) is 6. The van der Waals surface area contributed by atoms with Crippen LogP contribution in [0, 0.1) is 5.92 Å². The summed E-state index contributed by atoms with van der Waals surface area (Å²) in [6, 6.07) is 5.17. The molecule has 3 heterocycles. The van der Waals surface area contributed by atoms with Gasteiger partial charge in [0, 0.05) is 30.0 Å². The summed E-state index contributed by atoms with van der Waals surface area (Å²) >= 11 is 0. The van der Waals surface area contributed by atoms with Crippen LogP contribution in [-0.4, -0.2) is 40.1 Å². The van der Waals surface area contributed by atoms with Gasteiger partial charge in [0.15, 0.2) is 5.82 Å². The van der Waals surface area contributed by atoms with Crippen LogP contribution in [-0.2, 0) is 22.4 Å². The lowest BCUT2D eigenvalue weighted by molar-refractivity contribution is -0.119. The first-order valence-corrected chi connectivity index (χ1v) is 8.67. The third-order valence-corrected chi connectivity index (χ3v) is 4.86. The van der Waals surface area contributed by atoms with E-state index in [0.29, 0.717) is 24.9 Å². The van der Waals surface area contributed by atoms with Crippen molar-refractivity contribution in [2.24, 2.45) is 11.7 Å². The number of carbonyl (C=O) groups is 1. The van der Waals surface area contributed by atoms with Crippen LogP contribution in [0.25, 0.3) is 11.5 Å². The maximum Gasteiger partial charge on any atom is 0.240 e. The van der Waals surface area contributed by atoms with Gasteiger partial charge in [-0.1, -0.05) is 6.07 Å². The molecule has 0 saturated carbocycles. The number of ether oxygens (including phenoxy) is 1. The van der Waals surface area contributed by atoms with Gasteiger partial charge in [-0.3, -0.25) is 9.78 Å². The zero-order valence-electron chi connectivity index (χ0n) is 13.9. The number of hydrogen-bond donors (Lipinski definition) is 2. The summed E-state index contributed by atoms with van der Waals surface area (Å²) in [7, 11) is 0. The summed E-state index contributed by atoms with van der Waals surface area (Å²) in [5.74, 6) is 0.983. The highest BCUT2D eigenvalue weighted by Gasteiger charge is 2.32. The van der Waals surface area contributed by atoms with E-state index in [1.807, 2.05) is 18.2 Å².